The molecule has 2 rings (SSSR count). The highest BCUT2D eigenvalue weighted by Crippen LogP contribution is 2.28. The van der Waals surface area contributed by atoms with Gasteiger partial charge >= 0.3 is 6.18 Å². The summed E-state index contributed by atoms with van der Waals surface area (Å²) in [5.74, 6) is 0. The monoisotopic (exact) mass is 375 g/mol. The quantitative estimate of drug-likeness (QED) is 0.298. The Morgan fingerprint density at radius 1 is 1.24 bits per heavy atom. The van der Waals surface area contributed by atoms with Crippen LogP contribution in [0.3, 0.4) is 0 Å². The number of hydrogen-bond donors (Lipinski definition) is 3. The van der Waals surface area contributed by atoms with Crippen molar-refractivity contribution in [1.29, 1.82) is 0 Å². The lowest BCUT2D eigenvalue weighted by Crippen LogP contribution is -3.14. The first kappa shape index (κ1) is 19.6. The van der Waals surface area contributed by atoms with Crippen LogP contribution in [0.15, 0.2) is 29.4 Å². The summed E-state index contributed by atoms with van der Waals surface area (Å²) < 4.78 is 42.7. The van der Waals surface area contributed by atoms with Gasteiger partial charge in [-0.3, -0.25) is 5.43 Å². The van der Waals surface area contributed by atoms with Crippen LogP contribution in [-0.4, -0.2) is 50.7 Å². The number of morpholine rings is 1. The second-order valence-corrected chi connectivity index (χ2v) is 6.12. The molecule has 0 bridgehead atoms. The van der Waals surface area contributed by atoms with Gasteiger partial charge in [0.2, 0.25) is 0 Å². The molecule has 1 heterocycles. The minimum atomic E-state index is -4.33. The van der Waals surface area contributed by atoms with Crippen LogP contribution in [0.2, 0.25) is 0 Å². The molecule has 1 saturated heterocycles. The van der Waals surface area contributed by atoms with Crippen molar-refractivity contribution < 1.29 is 22.8 Å². The summed E-state index contributed by atoms with van der Waals surface area (Å²) in [6.45, 7) is 5.53. The van der Waals surface area contributed by atoms with E-state index in [1.807, 2.05) is 0 Å². The van der Waals surface area contributed by atoms with Gasteiger partial charge in [0.15, 0.2) is 5.11 Å². The zero-order chi connectivity index (χ0) is 18.1. The molecule has 138 valence electrons. The lowest BCUT2D eigenvalue weighted by atomic mass is 10.1. The molecule has 1 aromatic rings. The molecule has 3 N–H and O–H groups in total. The molecule has 5 nitrogen and oxygen atoms in total. The van der Waals surface area contributed by atoms with Crippen LogP contribution >= 0.6 is 12.2 Å². The van der Waals surface area contributed by atoms with Crippen molar-refractivity contribution >= 4 is 23.5 Å². The zero-order valence-electron chi connectivity index (χ0n) is 13.7. The number of ether oxygens (including phenoxy) is 1. The fourth-order valence-electron chi connectivity index (χ4n) is 2.41. The van der Waals surface area contributed by atoms with Crippen LogP contribution in [-0.2, 0) is 10.9 Å². The van der Waals surface area contributed by atoms with Crippen LogP contribution in [0.5, 0.6) is 0 Å². The number of nitrogens with zero attached hydrogens (tertiary/aromatic N) is 1. The van der Waals surface area contributed by atoms with Crippen LogP contribution in [0, 0.1) is 0 Å². The Morgan fingerprint density at radius 2 is 1.92 bits per heavy atom. The van der Waals surface area contributed by atoms with E-state index in [2.05, 4.69) is 15.8 Å². The Hall–Kier alpha value is -1.71. The molecule has 0 atom stereocenters. The van der Waals surface area contributed by atoms with Crippen molar-refractivity contribution in [2.45, 2.75) is 12.6 Å². The largest absolute Gasteiger partial charge is 0.416 e. The van der Waals surface area contributed by atoms with Crippen molar-refractivity contribution in [3.8, 4) is 0 Å². The first-order chi connectivity index (χ1) is 11.9. The number of nitrogens with one attached hydrogen (secondary N) is 3. The summed E-state index contributed by atoms with van der Waals surface area (Å²) >= 11 is 5.10. The molecule has 1 aliphatic rings. The lowest BCUT2D eigenvalue weighted by Gasteiger charge is -2.23. The fourth-order valence-corrected chi connectivity index (χ4v) is 2.57. The number of rotatable bonds is 6. The zero-order valence-corrected chi connectivity index (χ0v) is 14.6. The third-order valence-corrected chi connectivity index (χ3v) is 4.05. The SMILES string of the molecule is FC(F)(F)c1ccc(/C=N\NC(=S)NCCC[NH+]2CCOCC2)cc1. The van der Waals surface area contributed by atoms with E-state index in [0.29, 0.717) is 10.7 Å². The number of quaternary nitrogens is 1. The van der Waals surface area contributed by atoms with E-state index in [-0.39, 0.29) is 0 Å². The van der Waals surface area contributed by atoms with Crippen LogP contribution in [0.1, 0.15) is 17.5 Å². The number of benzene rings is 1. The van der Waals surface area contributed by atoms with E-state index in [0.717, 1.165) is 57.9 Å². The highest BCUT2D eigenvalue weighted by molar-refractivity contribution is 7.80. The van der Waals surface area contributed by atoms with Gasteiger partial charge in [-0.25, -0.2) is 0 Å². The number of hydrazone groups is 1. The molecule has 0 spiro atoms. The molecule has 0 saturated carbocycles. The van der Waals surface area contributed by atoms with Gasteiger partial charge in [0.05, 0.1) is 31.5 Å². The lowest BCUT2D eigenvalue weighted by molar-refractivity contribution is -0.908. The standard InChI is InChI=1S/C16H21F3N4OS/c17-16(18,19)14-4-2-13(3-5-14)12-21-22-15(25)20-6-1-7-23-8-10-24-11-9-23/h2-5,12H,1,6-11H2,(H2,20,22,25)/p+1/b21-12-. The van der Waals surface area contributed by atoms with Gasteiger partial charge < -0.3 is 15.0 Å². The van der Waals surface area contributed by atoms with Crippen molar-refractivity contribution in [2.24, 2.45) is 5.10 Å². The van der Waals surface area contributed by atoms with Crippen LogP contribution in [0.25, 0.3) is 0 Å². The number of halogens is 3. The molecular formula is C16H22F3N4OS+. The number of alkyl halides is 3. The molecular weight excluding hydrogens is 353 g/mol. The molecule has 1 aliphatic heterocycles. The van der Waals surface area contributed by atoms with E-state index >= 15 is 0 Å². The van der Waals surface area contributed by atoms with Crippen LogP contribution in [0.4, 0.5) is 13.2 Å². The van der Waals surface area contributed by atoms with Gasteiger partial charge in [-0.2, -0.15) is 18.3 Å². The average molecular weight is 375 g/mol. The Morgan fingerprint density at radius 3 is 2.56 bits per heavy atom. The third-order valence-electron chi connectivity index (χ3n) is 3.81. The van der Waals surface area contributed by atoms with E-state index in [1.165, 1.54) is 23.2 Å². The van der Waals surface area contributed by atoms with Gasteiger partial charge in [-0.1, -0.05) is 12.1 Å². The maximum Gasteiger partial charge on any atom is 0.416 e. The summed E-state index contributed by atoms with van der Waals surface area (Å²) in [5, 5.41) is 7.36. The van der Waals surface area contributed by atoms with Gasteiger partial charge in [-0.05, 0) is 29.9 Å². The first-order valence-corrected chi connectivity index (χ1v) is 8.51. The predicted molar refractivity (Wildman–Crippen MR) is 93.8 cm³/mol. The van der Waals surface area contributed by atoms with Crippen molar-refractivity contribution in [1.82, 2.24) is 10.7 Å². The van der Waals surface area contributed by atoms with Crippen molar-refractivity contribution in [2.75, 3.05) is 39.4 Å². The minimum Gasteiger partial charge on any atom is -0.370 e. The van der Waals surface area contributed by atoms with Gasteiger partial charge in [-0.15, -0.1) is 0 Å². The molecule has 25 heavy (non-hydrogen) atoms. The molecule has 9 heteroatoms. The number of hydrogen-bond acceptors (Lipinski definition) is 3. The van der Waals surface area contributed by atoms with Crippen LogP contribution < -0.4 is 15.6 Å². The Balaban J connectivity index is 1.63. The van der Waals surface area contributed by atoms with Crippen molar-refractivity contribution in [3.63, 3.8) is 0 Å². The van der Waals surface area contributed by atoms with E-state index < -0.39 is 11.7 Å². The van der Waals surface area contributed by atoms with E-state index in [4.69, 9.17) is 17.0 Å². The van der Waals surface area contributed by atoms with Gasteiger partial charge in [0.25, 0.3) is 0 Å². The molecule has 0 aliphatic carbocycles. The molecule has 1 aromatic carbocycles. The number of thiocarbonyl (C=S) groups is 1. The van der Waals surface area contributed by atoms with E-state index in [9.17, 15) is 13.2 Å². The Labute approximate surface area is 150 Å². The summed E-state index contributed by atoms with van der Waals surface area (Å²) in [6.07, 6.45) is -1.92. The summed E-state index contributed by atoms with van der Waals surface area (Å²) in [4.78, 5) is 1.53. The second kappa shape index (κ2) is 9.69. The molecule has 0 unspecified atom stereocenters. The summed E-state index contributed by atoms with van der Waals surface area (Å²) in [5.41, 5.74) is 2.53. The first-order valence-electron chi connectivity index (χ1n) is 8.10. The average Bonchev–Trinajstić information content (AvgIpc) is 2.59. The van der Waals surface area contributed by atoms with E-state index in [1.54, 1.807) is 0 Å². The molecule has 0 amide bonds. The Kier molecular flexibility index (Phi) is 7.60. The highest BCUT2D eigenvalue weighted by atomic mass is 32.1. The maximum absolute atomic E-state index is 12.5. The molecule has 0 radical (unpaired) electrons. The fraction of sp³-hybridized carbons (Fsp3) is 0.500. The summed E-state index contributed by atoms with van der Waals surface area (Å²) in [6, 6.07) is 4.75. The molecule has 1 fully saturated rings. The predicted octanol–water partition coefficient (Wildman–Crippen LogP) is 0.809. The smallest absolute Gasteiger partial charge is 0.370 e. The highest BCUT2D eigenvalue weighted by Gasteiger charge is 2.29. The van der Waals surface area contributed by atoms with Gasteiger partial charge in [0.1, 0.15) is 13.1 Å². The topological polar surface area (TPSA) is 50.1 Å². The Bertz CT molecular complexity index is 572. The maximum atomic E-state index is 12.5. The molecule has 0 aromatic heterocycles. The summed E-state index contributed by atoms with van der Waals surface area (Å²) in [7, 11) is 0. The third kappa shape index (κ3) is 7.37. The minimum absolute atomic E-state index is 0.389. The second-order valence-electron chi connectivity index (χ2n) is 5.71. The van der Waals surface area contributed by atoms with Crippen molar-refractivity contribution in [3.05, 3.63) is 35.4 Å². The normalized spacial score (nSPS) is 16.1. The van der Waals surface area contributed by atoms with Gasteiger partial charge in [0, 0.05) is 13.0 Å².